The molecule has 2 atom stereocenters. The zero-order valence-electron chi connectivity index (χ0n) is 12.1. The van der Waals surface area contributed by atoms with E-state index in [1.165, 1.54) is 12.8 Å². The highest BCUT2D eigenvalue weighted by atomic mass is 16.3. The van der Waals surface area contributed by atoms with Crippen molar-refractivity contribution >= 4 is 0 Å². The van der Waals surface area contributed by atoms with E-state index in [-0.39, 0.29) is 0 Å². The van der Waals surface area contributed by atoms with Crippen molar-refractivity contribution < 1.29 is 5.11 Å². The van der Waals surface area contributed by atoms with Gasteiger partial charge < -0.3 is 5.11 Å². The summed E-state index contributed by atoms with van der Waals surface area (Å²) in [6.45, 7) is 7.05. The smallest absolute Gasteiger partial charge is 0.0997 e. The third-order valence-electron chi connectivity index (χ3n) is 4.82. The molecule has 106 valence electrons. The zero-order chi connectivity index (χ0) is 13.5. The van der Waals surface area contributed by atoms with Crippen LogP contribution in [0.1, 0.15) is 43.5 Å². The minimum Gasteiger partial charge on any atom is -0.386 e. The molecule has 0 saturated carbocycles. The van der Waals surface area contributed by atoms with Crippen LogP contribution in [-0.2, 0) is 6.54 Å². The van der Waals surface area contributed by atoms with Crippen molar-refractivity contribution in [2.45, 2.75) is 64.1 Å². The molecule has 0 amide bonds. The van der Waals surface area contributed by atoms with Gasteiger partial charge in [0.15, 0.2) is 0 Å². The SMILES string of the molecule is Cc1cc(C)n(C[C@]2(O)CCCN3CCCC[C@@H]32)n1. The van der Waals surface area contributed by atoms with Crippen LogP contribution < -0.4 is 0 Å². The summed E-state index contributed by atoms with van der Waals surface area (Å²) in [7, 11) is 0. The molecule has 2 saturated heterocycles. The maximum atomic E-state index is 11.2. The van der Waals surface area contributed by atoms with Gasteiger partial charge in [-0.2, -0.15) is 5.10 Å². The van der Waals surface area contributed by atoms with Gasteiger partial charge in [0.1, 0.15) is 0 Å². The minimum absolute atomic E-state index is 0.332. The zero-order valence-corrected chi connectivity index (χ0v) is 12.1. The molecule has 0 unspecified atom stereocenters. The number of hydrogen-bond acceptors (Lipinski definition) is 3. The van der Waals surface area contributed by atoms with Gasteiger partial charge in [-0.25, -0.2) is 0 Å². The van der Waals surface area contributed by atoms with E-state index in [2.05, 4.69) is 23.0 Å². The molecular formula is C15H25N3O. The van der Waals surface area contributed by atoms with E-state index < -0.39 is 5.60 Å². The van der Waals surface area contributed by atoms with Crippen LogP contribution in [0.15, 0.2) is 6.07 Å². The van der Waals surface area contributed by atoms with E-state index in [1.807, 2.05) is 11.6 Å². The summed E-state index contributed by atoms with van der Waals surface area (Å²) in [5.74, 6) is 0. The lowest BCUT2D eigenvalue weighted by atomic mass is 9.79. The third-order valence-corrected chi connectivity index (χ3v) is 4.82. The molecule has 4 heteroatoms. The predicted octanol–water partition coefficient (Wildman–Crippen LogP) is 1.88. The van der Waals surface area contributed by atoms with E-state index in [0.29, 0.717) is 12.6 Å². The Hall–Kier alpha value is -0.870. The quantitative estimate of drug-likeness (QED) is 0.886. The van der Waals surface area contributed by atoms with Gasteiger partial charge in [0, 0.05) is 11.7 Å². The molecule has 19 heavy (non-hydrogen) atoms. The minimum atomic E-state index is -0.595. The molecule has 1 N–H and O–H groups in total. The topological polar surface area (TPSA) is 41.3 Å². The summed E-state index contributed by atoms with van der Waals surface area (Å²) in [4.78, 5) is 2.50. The summed E-state index contributed by atoms with van der Waals surface area (Å²) >= 11 is 0. The number of aromatic nitrogens is 2. The second kappa shape index (κ2) is 4.91. The molecule has 3 rings (SSSR count). The largest absolute Gasteiger partial charge is 0.386 e. The molecule has 4 nitrogen and oxygen atoms in total. The van der Waals surface area contributed by atoms with Gasteiger partial charge >= 0.3 is 0 Å². The highest BCUT2D eigenvalue weighted by Gasteiger charge is 2.44. The van der Waals surface area contributed by atoms with Crippen molar-refractivity contribution in [3.63, 3.8) is 0 Å². The van der Waals surface area contributed by atoms with E-state index >= 15 is 0 Å². The van der Waals surface area contributed by atoms with E-state index in [1.54, 1.807) is 0 Å². The van der Waals surface area contributed by atoms with Gasteiger partial charge in [0.2, 0.25) is 0 Å². The standard InChI is InChI=1S/C15H25N3O/c1-12-10-13(2)18(16-12)11-15(19)7-5-9-17-8-4-3-6-14(15)17/h10,14,19H,3-9,11H2,1-2H3/t14-,15-/m1/s1. The predicted molar refractivity (Wildman–Crippen MR) is 75.1 cm³/mol. The van der Waals surface area contributed by atoms with E-state index in [9.17, 15) is 5.11 Å². The Morgan fingerprint density at radius 2 is 2.11 bits per heavy atom. The highest BCUT2D eigenvalue weighted by molar-refractivity contribution is 5.08. The van der Waals surface area contributed by atoms with Gasteiger partial charge in [-0.1, -0.05) is 6.42 Å². The maximum absolute atomic E-state index is 11.2. The Kier molecular flexibility index (Phi) is 3.39. The lowest BCUT2D eigenvalue weighted by Gasteiger charge is -2.49. The van der Waals surface area contributed by atoms with Crippen LogP contribution in [0.2, 0.25) is 0 Å². The molecule has 0 bridgehead atoms. The van der Waals surface area contributed by atoms with Gasteiger partial charge in [-0.3, -0.25) is 9.58 Å². The molecule has 0 radical (unpaired) electrons. The Bertz CT molecular complexity index is 454. The first kappa shape index (κ1) is 13.1. The van der Waals surface area contributed by atoms with Gasteiger partial charge in [0.05, 0.1) is 17.8 Å². The Morgan fingerprint density at radius 3 is 2.84 bits per heavy atom. The van der Waals surface area contributed by atoms with Crippen LogP contribution in [-0.4, -0.2) is 44.5 Å². The number of aryl methyl sites for hydroxylation is 2. The first-order valence-electron chi connectivity index (χ1n) is 7.56. The third kappa shape index (κ3) is 2.43. The average molecular weight is 263 g/mol. The molecule has 1 aromatic rings. The lowest BCUT2D eigenvalue weighted by molar-refractivity contribution is -0.105. The Balaban J connectivity index is 1.82. The number of rotatable bonds is 2. The van der Waals surface area contributed by atoms with Crippen LogP contribution in [0.25, 0.3) is 0 Å². The molecule has 2 aliphatic rings. The first-order valence-corrected chi connectivity index (χ1v) is 7.56. The normalized spacial score (nSPS) is 32.3. The number of piperidine rings is 2. The molecule has 1 aromatic heterocycles. The fourth-order valence-electron chi connectivity index (χ4n) is 3.90. The molecule has 3 heterocycles. The second-order valence-corrected chi connectivity index (χ2v) is 6.34. The number of fused-ring (bicyclic) bond motifs is 1. The summed E-state index contributed by atoms with van der Waals surface area (Å²) in [5, 5.41) is 15.7. The van der Waals surface area contributed by atoms with Crippen LogP contribution >= 0.6 is 0 Å². The first-order chi connectivity index (χ1) is 9.08. The van der Waals surface area contributed by atoms with E-state index in [0.717, 1.165) is 43.7 Å². The summed E-state index contributed by atoms with van der Waals surface area (Å²) in [6.07, 6.45) is 5.68. The van der Waals surface area contributed by atoms with Crippen molar-refractivity contribution in [2.24, 2.45) is 0 Å². The van der Waals surface area contributed by atoms with Crippen LogP contribution in [0.3, 0.4) is 0 Å². The van der Waals surface area contributed by atoms with Crippen molar-refractivity contribution in [1.29, 1.82) is 0 Å². The molecule has 0 aromatic carbocycles. The van der Waals surface area contributed by atoms with E-state index in [4.69, 9.17) is 0 Å². The van der Waals surface area contributed by atoms with Crippen molar-refractivity contribution in [3.8, 4) is 0 Å². The Morgan fingerprint density at radius 1 is 1.32 bits per heavy atom. The van der Waals surface area contributed by atoms with Crippen LogP contribution in [0.4, 0.5) is 0 Å². The maximum Gasteiger partial charge on any atom is 0.0997 e. The van der Waals surface area contributed by atoms with Crippen LogP contribution in [0, 0.1) is 13.8 Å². The number of nitrogens with zero attached hydrogens (tertiary/aromatic N) is 3. The molecule has 0 aliphatic carbocycles. The van der Waals surface area contributed by atoms with Crippen molar-refractivity contribution in [3.05, 3.63) is 17.5 Å². The summed E-state index contributed by atoms with van der Waals surface area (Å²) in [6, 6.07) is 2.42. The fourth-order valence-corrected chi connectivity index (χ4v) is 3.90. The molecular weight excluding hydrogens is 238 g/mol. The van der Waals surface area contributed by atoms with Crippen molar-refractivity contribution in [1.82, 2.24) is 14.7 Å². The summed E-state index contributed by atoms with van der Waals surface area (Å²) < 4.78 is 1.99. The molecule has 0 spiro atoms. The Labute approximate surface area is 115 Å². The van der Waals surface area contributed by atoms with Crippen LogP contribution in [0.5, 0.6) is 0 Å². The molecule has 2 fully saturated rings. The van der Waals surface area contributed by atoms with Gasteiger partial charge in [-0.05, 0) is 58.7 Å². The second-order valence-electron chi connectivity index (χ2n) is 6.34. The fraction of sp³-hybridized carbons (Fsp3) is 0.800. The lowest BCUT2D eigenvalue weighted by Crippen LogP contribution is -2.60. The average Bonchev–Trinajstić information content (AvgIpc) is 2.68. The number of hydrogen-bond donors (Lipinski definition) is 1. The number of aliphatic hydroxyl groups is 1. The van der Waals surface area contributed by atoms with Gasteiger partial charge in [-0.15, -0.1) is 0 Å². The monoisotopic (exact) mass is 263 g/mol. The van der Waals surface area contributed by atoms with Gasteiger partial charge in [0.25, 0.3) is 0 Å². The highest BCUT2D eigenvalue weighted by Crippen LogP contribution is 2.35. The molecule has 2 aliphatic heterocycles. The van der Waals surface area contributed by atoms with Crippen molar-refractivity contribution in [2.75, 3.05) is 13.1 Å². The summed E-state index contributed by atoms with van der Waals surface area (Å²) in [5.41, 5.74) is 1.60.